The van der Waals surface area contributed by atoms with Crippen LogP contribution in [0.15, 0.2) is 18.3 Å². The minimum absolute atomic E-state index is 0.601. The zero-order valence-corrected chi connectivity index (χ0v) is 12.6. The maximum atomic E-state index is 5.33. The third-order valence-corrected chi connectivity index (χ3v) is 3.76. The van der Waals surface area contributed by atoms with Crippen LogP contribution in [-0.4, -0.2) is 16.9 Å². The van der Waals surface area contributed by atoms with Crippen LogP contribution in [0.2, 0.25) is 0 Å². The van der Waals surface area contributed by atoms with Crippen LogP contribution in [0.1, 0.15) is 45.2 Å². The highest BCUT2D eigenvalue weighted by atomic mass is 16.5. The predicted octanol–water partition coefficient (Wildman–Crippen LogP) is 4.35. The number of aromatic nitrogens is 2. The van der Waals surface area contributed by atoms with E-state index in [0.29, 0.717) is 6.04 Å². The van der Waals surface area contributed by atoms with Gasteiger partial charge in [-0.15, -0.1) is 0 Å². The molecule has 1 heterocycles. The summed E-state index contributed by atoms with van der Waals surface area (Å²) in [5.41, 5.74) is 2.20. The van der Waals surface area contributed by atoms with E-state index in [1.165, 1.54) is 23.8 Å². The Morgan fingerprint density at radius 1 is 1.26 bits per heavy atom. The molecule has 0 radical (unpaired) electrons. The zero-order chi connectivity index (χ0) is 14.0. The van der Waals surface area contributed by atoms with Gasteiger partial charge in [-0.1, -0.05) is 20.8 Å². The molecule has 0 amide bonds. The highest BCUT2D eigenvalue weighted by molar-refractivity contribution is 5.81. The van der Waals surface area contributed by atoms with Gasteiger partial charge in [0.05, 0.1) is 18.7 Å². The van der Waals surface area contributed by atoms with Crippen LogP contribution in [0.4, 0.5) is 0 Å². The summed E-state index contributed by atoms with van der Waals surface area (Å²) in [5, 5.41) is 5.87. The van der Waals surface area contributed by atoms with Crippen LogP contribution < -0.4 is 4.74 Å². The smallest absolute Gasteiger partial charge is 0.124 e. The van der Waals surface area contributed by atoms with Crippen molar-refractivity contribution in [2.75, 3.05) is 7.11 Å². The van der Waals surface area contributed by atoms with E-state index in [0.717, 1.165) is 17.2 Å². The molecule has 0 spiro atoms. The molecule has 19 heavy (non-hydrogen) atoms. The molecule has 1 fully saturated rings. The molecule has 0 N–H and O–H groups in total. The maximum Gasteiger partial charge on any atom is 0.124 e. The van der Waals surface area contributed by atoms with E-state index < -0.39 is 0 Å². The van der Waals surface area contributed by atoms with Crippen molar-refractivity contribution in [1.29, 1.82) is 0 Å². The number of rotatable bonds is 2. The largest absolute Gasteiger partial charge is 0.496 e. The first-order valence-corrected chi connectivity index (χ1v) is 7.21. The van der Waals surface area contributed by atoms with Crippen molar-refractivity contribution in [1.82, 2.24) is 9.78 Å². The van der Waals surface area contributed by atoms with Crippen molar-refractivity contribution in [3.63, 3.8) is 0 Å². The van der Waals surface area contributed by atoms with E-state index in [1.807, 2.05) is 19.9 Å². The minimum atomic E-state index is 0.601. The van der Waals surface area contributed by atoms with Crippen molar-refractivity contribution in [3.8, 4) is 5.75 Å². The van der Waals surface area contributed by atoms with Gasteiger partial charge in [0.15, 0.2) is 0 Å². The first kappa shape index (κ1) is 13.9. The number of hydrogen-bond acceptors (Lipinski definition) is 2. The molecule has 1 aromatic heterocycles. The Morgan fingerprint density at radius 3 is 2.53 bits per heavy atom. The van der Waals surface area contributed by atoms with E-state index in [-0.39, 0.29) is 0 Å². The fourth-order valence-corrected chi connectivity index (χ4v) is 2.67. The molecule has 0 saturated heterocycles. The second-order valence-electron chi connectivity index (χ2n) is 5.22. The van der Waals surface area contributed by atoms with E-state index >= 15 is 0 Å². The monoisotopic (exact) mass is 260 g/mol. The molecule has 3 heteroatoms. The summed E-state index contributed by atoms with van der Waals surface area (Å²) in [6, 6.07) is 4.78. The van der Waals surface area contributed by atoms with Gasteiger partial charge >= 0.3 is 0 Å². The molecule has 1 aromatic carbocycles. The molecule has 1 aliphatic rings. The van der Waals surface area contributed by atoms with Crippen molar-refractivity contribution in [3.05, 3.63) is 23.9 Å². The van der Waals surface area contributed by atoms with Gasteiger partial charge in [-0.2, -0.15) is 5.10 Å². The van der Waals surface area contributed by atoms with Crippen molar-refractivity contribution in [2.45, 2.75) is 46.6 Å². The van der Waals surface area contributed by atoms with E-state index in [2.05, 4.69) is 35.9 Å². The highest BCUT2D eigenvalue weighted by Gasteiger charge is 2.27. The SMILES string of the molecule is CC.COc1cc2nn(C3CC(C)C3)cc2cc1C. The highest BCUT2D eigenvalue weighted by Crippen LogP contribution is 2.37. The molecule has 104 valence electrons. The van der Waals surface area contributed by atoms with E-state index in [4.69, 9.17) is 4.74 Å². The lowest BCUT2D eigenvalue weighted by Gasteiger charge is -2.32. The minimum Gasteiger partial charge on any atom is -0.496 e. The van der Waals surface area contributed by atoms with E-state index in [1.54, 1.807) is 7.11 Å². The number of ether oxygens (including phenoxy) is 1. The van der Waals surface area contributed by atoms with Crippen molar-refractivity contribution >= 4 is 10.9 Å². The maximum absolute atomic E-state index is 5.33. The average molecular weight is 260 g/mol. The summed E-state index contributed by atoms with van der Waals surface area (Å²) in [6.45, 7) is 8.37. The number of aryl methyl sites for hydroxylation is 1. The number of methoxy groups -OCH3 is 1. The van der Waals surface area contributed by atoms with Crippen LogP contribution in [-0.2, 0) is 0 Å². The summed E-state index contributed by atoms with van der Waals surface area (Å²) in [5.74, 6) is 1.77. The first-order chi connectivity index (χ1) is 9.17. The summed E-state index contributed by atoms with van der Waals surface area (Å²) in [7, 11) is 1.71. The Balaban J connectivity index is 0.000000637. The Labute approximate surface area is 115 Å². The molecule has 1 saturated carbocycles. The summed E-state index contributed by atoms with van der Waals surface area (Å²) < 4.78 is 7.46. The molecular formula is C16H24N2O. The van der Waals surface area contributed by atoms with Gasteiger partial charge in [-0.05, 0) is 37.3 Å². The standard InChI is InChI=1S/C14H18N2O.C2H6/c1-9-4-12(5-9)16-8-11-6-10(2)14(17-3)7-13(11)15-16;1-2/h6-9,12H,4-5H2,1-3H3;1-2H3. The zero-order valence-electron chi connectivity index (χ0n) is 12.6. The van der Waals surface area contributed by atoms with Crippen LogP contribution in [0.5, 0.6) is 5.75 Å². The lowest BCUT2D eigenvalue weighted by molar-refractivity contribution is 0.201. The Bertz CT molecular complexity index is 553. The normalized spacial score (nSPS) is 21.5. The van der Waals surface area contributed by atoms with Gasteiger partial charge in [0, 0.05) is 17.6 Å². The summed E-state index contributed by atoms with van der Waals surface area (Å²) in [6.07, 6.45) is 4.67. The van der Waals surface area contributed by atoms with Gasteiger partial charge in [0.25, 0.3) is 0 Å². The fourth-order valence-electron chi connectivity index (χ4n) is 2.67. The second kappa shape index (κ2) is 5.64. The van der Waals surface area contributed by atoms with Crippen LogP contribution in [0, 0.1) is 12.8 Å². The third-order valence-electron chi connectivity index (χ3n) is 3.76. The second-order valence-corrected chi connectivity index (χ2v) is 5.22. The number of nitrogens with zero attached hydrogens (tertiary/aromatic N) is 2. The van der Waals surface area contributed by atoms with Gasteiger partial charge in [0.2, 0.25) is 0 Å². The van der Waals surface area contributed by atoms with E-state index in [9.17, 15) is 0 Å². The Kier molecular flexibility index (Phi) is 4.13. The van der Waals surface area contributed by atoms with Crippen LogP contribution >= 0.6 is 0 Å². The van der Waals surface area contributed by atoms with Gasteiger partial charge in [-0.3, -0.25) is 4.68 Å². The van der Waals surface area contributed by atoms with Gasteiger partial charge < -0.3 is 4.74 Å². The molecule has 3 rings (SSSR count). The fraction of sp³-hybridized carbons (Fsp3) is 0.562. The lowest BCUT2D eigenvalue weighted by Crippen LogP contribution is -2.24. The number of benzene rings is 1. The van der Waals surface area contributed by atoms with Gasteiger partial charge in [0.1, 0.15) is 5.75 Å². The third kappa shape index (κ3) is 2.60. The topological polar surface area (TPSA) is 27.1 Å². The quantitative estimate of drug-likeness (QED) is 0.802. The molecule has 2 aromatic rings. The molecule has 3 nitrogen and oxygen atoms in total. The molecule has 0 atom stereocenters. The molecule has 1 aliphatic carbocycles. The number of fused-ring (bicyclic) bond motifs is 1. The molecule has 0 bridgehead atoms. The molecular weight excluding hydrogens is 236 g/mol. The van der Waals surface area contributed by atoms with Crippen LogP contribution in [0.25, 0.3) is 10.9 Å². The molecule has 0 aliphatic heterocycles. The number of hydrogen-bond donors (Lipinski definition) is 0. The Morgan fingerprint density at radius 2 is 1.95 bits per heavy atom. The van der Waals surface area contributed by atoms with Crippen molar-refractivity contribution in [2.24, 2.45) is 5.92 Å². The predicted molar refractivity (Wildman–Crippen MR) is 79.8 cm³/mol. The lowest BCUT2D eigenvalue weighted by atomic mass is 9.82. The molecule has 0 unspecified atom stereocenters. The van der Waals surface area contributed by atoms with Crippen LogP contribution in [0.3, 0.4) is 0 Å². The average Bonchev–Trinajstić information content (AvgIpc) is 2.78. The summed E-state index contributed by atoms with van der Waals surface area (Å²) >= 11 is 0. The first-order valence-electron chi connectivity index (χ1n) is 7.21. The summed E-state index contributed by atoms with van der Waals surface area (Å²) in [4.78, 5) is 0. The Hall–Kier alpha value is -1.51. The van der Waals surface area contributed by atoms with Crippen molar-refractivity contribution < 1.29 is 4.74 Å². The van der Waals surface area contributed by atoms with Gasteiger partial charge in [-0.25, -0.2) is 0 Å².